The normalized spacial score (nSPS) is 12.5. The zero-order valence-electron chi connectivity index (χ0n) is 51.2. The van der Waals surface area contributed by atoms with E-state index in [0.717, 1.165) is 109 Å². The molecule has 0 saturated carbocycles. The van der Waals surface area contributed by atoms with Gasteiger partial charge in [0.25, 0.3) is 0 Å². The van der Waals surface area contributed by atoms with Crippen molar-refractivity contribution >= 4 is 17.9 Å². The molecule has 0 rings (SSSR count). The van der Waals surface area contributed by atoms with E-state index in [1.54, 1.807) is 0 Å². The summed E-state index contributed by atoms with van der Waals surface area (Å²) in [6.45, 7) is 6.52. The molecule has 1 unspecified atom stereocenters. The standard InChI is InChI=1S/C71H126O6/c1-4-7-10-13-16-19-22-25-27-28-29-30-31-32-33-34-35-36-37-38-39-40-41-42-44-46-49-52-55-58-61-64-70(73)76-67-68(66-75-69(72)63-60-57-54-51-48-45-24-21-18-15-12-9-6-3)77-71(74)65-62-59-56-53-50-47-43-26-23-20-17-14-11-8-5-2/h8,11,17,20-22,24-26,28-29,43,68H,4-7,9-10,12-16,18-19,23,27,30-42,44-67H2,1-3H3/b11-8-,20-17-,24-21-,25-22-,29-28-,43-26-. The van der Waals surface area contributed by atoms with Crippen LogP contribution < -0.4 is 0 Å². The number of hydrogen-bond donors (Lipinski definition) is 0. The summed E-state index contributed by atoms with van der Waals surface area (Å²) in [5.74, 6) is -0.894. The number of allylic oxidation sites excluding steroid dienone is 12. The van der Waals surface area contributed by atoms with Gasteiger partial charge in [0.2, 0.25) is 0 Å². The summed E-state index contributed by atoms with van der Waals surface area (Å²) >= 11 is 0. The molecule has 0 aliphatic rings. The van der Waals surface area contributed by atoms with Gasteiger partial charge in [0, 0.05) is 19.3 Å². The zero-order valence-corrected chi connectivity index (χ0v) is 51.2. The van der Waals surface area contributed by atoms with Gasteiger partial charge in [0.1, 0.15) is 13.2 Å². The van der Waals surface area contributed by atoms with Crippen LogP contribution in [-0.2, 0) is 28.6 Å². The van der Waals surface area contributed by atoms with E-state index in [-0.39, 0.29) is 31.1 Å². The van der Waals surface area contributed by atoms with Crippen LogP contribution in [0.4, 0.5) is 0 Å². The lowest BCUT2D eigenvalue weighted by Gasteiger charge is -2.18. The Hall–Kier alpha value is -3.15. The molecule has 0 bridgehead atoms. The van der Waals surface area contributed by atoms with Gasteiger partial charge in [-0.25, -0.2) is 0 Å². The highest BCUT2D eigenvalue weighted by molar-refractivity contribution is 5.71. The summed E-state index contributed by atoms with van der Waals surface area (Å²) in [4.78, 5) is 38.3. The van der Waals surface area contributed by atoms with Crippen molar-refractivity contribution in [3.63, 3.8) is 0 Å². The monoisotopic (exact) mass is 1070 g/mol. The Morgan fingerprint density at radius 3 is 0.818 bits per heavy atom. The molecule has 6 heteroatoms. The number of esters is 3. The van der Waals surface area contributed by atoms with Gasteiger partial charge in [-0.1, -0.05) is 286 Å². The topological polar surface area (TPSA) is 78.9 Å². The van der Waals surface area contributed by atoms with Gasteiger partial charge in [-0.15, -0.1) is 0 Å². The average molecular weight is 1080 g/mol. The fourth-order valence-electron chi connectivity index (χ4n) is 9.66. The van der Waals surface area contributed by atoms with Gasteiger partial charge in [0.05, 0.1) is 0 Å². The number of carbonyl (C=O) groups is 3. The van der Waals surface area contributed by atoms with Gasteiger partial charge in [-0.2, -0.15) is 0 Å². The van der Waals surface area contributed by atoms with Crippen LogP contribution in [0.3, 0.4) is 0 Å². The minimum Gasteiger partial charge on any atom is -0.462 e. The number of ether oxygens (including phenoxy) is 3. The first-order valence-corrected chi connectivity index (χ1v) is 33.4. The third-order valence-corrected chi connectivity index (χ3v) is 14.7. The molecule has 0 aromatic rings. The number of hydrogen-bond acceptors (Lipinski definition) is 6. The molecule has 0 aliphatic carbocycles. The lowest BCUT2D eigenvalue weighted by molar-refractivity contribution is -0.167. The summed E-state index contributed by atoms with van der Waals surface area (Å²) < 4.78 is 16.9. The summed E-state index contributed by atoms with van der Waals surface area (Å²) in [6.07, 6.45) is 85.0. The second kappa shape index (κ2) is 65.4. The molecule has 0 heterocycles. The van der Waals surface area contributed by atoms with Gasteiger partial charge < -0.3 is 14.2 Å². The second-order valence-corrected chi connectivity index (χ2v) is 22.3. The second-order valence-electron chi connectivity index (χ2n) is 22.3. The highest BCUT2D eigenvalue weighted by atomic mass is 16.6. The fraction of sp³-hybridized carbons (Fsp3) is 0.789. The van der Waals surface area contributed by atoms with Crippen molar-refractivity contribution < 1.29 is 28.6 Å². The van der Waals surface area contributed by atoms with Crippen molar-refractivity contribution in [2.45, 2.75) is 348 Å². The molecule has 0 saturated heterocycles. The Kier molecular flexibility index (Phi) is 62.7. The summed E-state index contributed by atoms with van der Waals surface area (Å²) in [5.41, 5.74) is 0. The maximum Gasteiger partial charge on any atom is 0.306 e. The molecule has 0 fully saturated rings. The van der Waals surface area contributed by atoms with E-state index in [4.69, 9.17) is 14.2 Å². The van der Waals surface area contributed by atoms with Crippen LogP contribution in [0.25, 0.3) is 0 Å². The molecular formula is C71H126O6. The predicted octanol–water partition coefficient (Wildman–Crippen LogP) is 22.9. The molecule has 0 amide bonds. The van der Waals surface area contributed by atoms with Crippen molar-refractivity contribution in [2.24, 2.45) is 0 Å². The maximum absolute atomic E-state index is 12.9. The van der Waals surface area contributed by atoms with Crippen LogP contribution in [0.15, 0.2) is 72.9 Å². The Labute approximate surface area is 478 Å². The van der Waals surface area contributed by atoms with Gasteiger partial charge in [0.15, 0.2) is 6.10 Å². The van der Waals surface area contributed by atoms with Crippen molar-refractivity contribution in [2.75, 3.05) is 13.2 Å². The van der Waals surface area contributed by atoms with Gasteiger partial charge in [-0.05, 0) is 109 Å². The van der Waals surface area contributed by atoms with Gasteiger partial charge >= 0.3 is 17.9 Å². The third kappa shape index (κ3) is 63.6. The lowest BCUT2D eigenvalue weighted by atomic mass is 10.0. The van der Waals surface area contributed by atoms with Crippen molar-refractivity contribution in [1.29, 1.82) is 0 Å². The molecule has 0 aromatic heterocycles. The smallest absolute Gasteiger partial charge is 0.306 e. The Morgan fingerprint density at radius 1 is 0.273 bits per heavy atom. The third-order valence-electron chi connectivity index (χ3n) is 14.7. The molecule has 0 spiro atoms. The number of rotatable bonds is 61. The molecule has 0 aromatic carbocycles. The first kappa shape index (κ1) is 73.8. The van der Waals surface area contributed by atoms with E-state index in [9.17, 15) is 14.4 Å². The zero-order chi connectivity index (χ0) is 55.7. The van der Waals surface area contributed by atoms with E-state index < -0.39 is 6.10 Å². The van der Waals surface area contributed by atoms with Gasteiger partial charge in [-0.3, -0.25) is 14.4 Å². The van der Waals surface area contributed by atoms with E-state index in [2.05, 4.69) is 93.7 Å². The summed E-state index contributed by atoms with van der Waals surface area (Å²) in [7, 11) is 0. The van der Waals surface area contributed by atoms with Crippen LogP contribution in [0.2, 0.25) is 0 Å². The van der Waals surface area contributed by atoms with Crippen molar-refractivity contribution in [3.05, 3.63) is 72.9 Å². The van der Waals surface area contributed by atoms with E-state index in [1.165, 1.54) is 193 Å². The van der Waals surface area contributed by atoms with E-state index in [0.29, 0.717) is 19.3 Å². The van der Waals surface area contributed by atoms with Crippen molar-refractivity contribution in [3.8, 4) is 0 Å². The molecule has 0 N–H and O–H groups in total. The van der Waals surface area contributed by atoms with Crippen molar-refractivity contribution in [1.82, 2.24) is 0 Å². The lowest BCUT2D eigenvalue weighted by Crippen LogP contribution is -2.30. The SMILES string of the molecule is CC/C=C\C/C=C\C/C=C\CCCCCCCC(=O)OC(COC(=O)CCCCCCC/C=C\CCCCCC)COC(=O)CCCCCCCCCCCCCCCCCCCCC/C=C\C/C=C\CCCCCCC. The Bertz CT molecular complexity index is 1420. The minimum absolute atomic E-state index is 0.0823. The molecule has 77 heavy (non-hydrogen) atoms. The largest absolute Gasteiger partial charge is 0.462 e. The number of carbonyl (C=O) groups excluding carboxylic acids is 3. The molecular weight excluding hydrogens is 949 g/mol. The minimum atomic E-state index is -0.787. The van der Waals surface area contributed by atoms with Crippen LogP contribution in [0.5, 0.6) is 0 Å². The molecule has 0 radical (unpaired) electrons. The first-order valence-electron chi connectivity index (χ1n) is 33.4. The Balaban J connectivity index is 4.16. The summed E-state index contributed by atoms with van der Waals surface area (Å²) in [6, 6.07) is 0. The molecule has 446 valence electrons. The van der Waals surface area contributed by atoms with Crippen LogP contribution in [-0.4, -0.2) is 37.2 Å². The average Bonchev–Trinajstić information content (AvgIpc) is 3.43. The molecule has 0 aliphatic heterocycles. The maximum atomic E-state index is 12.9. The molecule has 1 atom stereocenters. The Morgan fingerprint density at radius 2 is 0.506 bits per heavy atom. The summed E-state index contributed by atoms with van der Waals surface area (Å²) in [5, 5.41) is 0. The van der Waals surface area contributed by atoms with Crippen LogP contribution >= 0.6 is 0 Å². The number of unbranched alkanes of at least 4 members (excludes halogenated alkanes) is 38. The highest BCUT2D eigenvalue weighted by Crippen LogP contribution is 2.17. The highest BCUT2D eigenvalue weighted by Gasteiger charge is 2.19. The quantitative estimate of drug-likeness (QED) is 0.0261. The van der Waals surface area contributed by atoms with Crippen LogP contribution in [0, 0.1) is 0 Å². The molecule has 6 nitrogen and oxygen atoms in total. The predicted molar refractivity (Wildman–Crippen MR) is 335 cm³/mol. The first-order chi connectivity index (χ1) is 38.0. The van der Waals surface area contributed by atoms with E-state index >= 15 is 0 Å². The fourth-order valence-corrected chi connectivity index (χ4v) is 9.66. The van der Waals surface area contributed by atoms with E-state index in [1.807, 2.05) is 0 Å². The van der Waals surface area contributed by atoms with Crippen LogP contribution in [0.1, 0.15) is 342 Å².